The van der Waals surface area contributed by atoms with Crippen LogP contribution in [0.2, 0.25) is 0 Å². The van der Waals surface area contributed by atoms with E-state index in [1.165, 1.54) is 12.6 Å². The van der Waals surface area contributed by atoms with Gasteiger partial charge in [0.25, 0.3) is 0 Å². The van der Waals surface area contributed by atoms with E-state index in [0.29, 0.717) is 5.75 Å². The monoisotopic (exact) mass is 179 g/mol. The number of rotatable bonds is 1. The van der Waals surface area contributed by atoms with E-state index in [-0.39, 0.29) is 0 Å². The highest BCUT2D eigenvalue weighted by Gasteiger charge is 2.18. The molecule has 1 heterocycles. The molecule has 3 nitrogen and oxygen atoms in total. The van der Waals surface area contributed by atoms with Crippen molar-refractivity contribution in [2.24, 2.45) is 0 Å². The van der Waals surface area contributed by atoms with Gasteiger partial charge in [0.2, 0.25) is 6.20 Å². The summed E-state index contributed by atoms with van der Waals surface area (Å²) in [5.74, 6) is 0.663. The highest BCUT2D eigenvalue weighted by Crippen LogP contribution is 2.21. The number of methoxy groups -OCH3 is 1. The number of aryl methyl sites for hydroxylation is 1. The van der Waals surface area contributed by atoms with Crippen LogP contribution in [0.3, 0.4) is 0 Å². The number of ether oxygens (including phenoxy) is 1. The molecule has 0 unspecified atom stereocenters. The van der Waals surface area contributed by atoms with E-state index in [4.69, 9.17) is 4.74 Å². The second-order valence-corrected chi connectivity index (χ2v) is 3.38. The molecule has 0 aromatic carbocycles. The Morgan fingerprint density at radius 2 is 2.15 bits per heavy atom. The molecule has 13 heavy (non-hydrogen) atoms. The van der Waals surface area contributed by atoms with Crippen LogP contribution in [0.25, 0.3) is 0 Å². The molecule has 1 aliphatic carbocycles. The number of hydrogen-bond acceptors (Lipinski definition) is 2. The Balaban J connectivity index is 2.47. The maximum absolute atomic E-state index is 11.5. The van der Waals surface area contributed by atoms with Gasteiger partial charge in [0.15, 0.2) is 11.4 Å². The van der Waals surface area contributed by atoms with Gasteiger partial charge in [0.05, 0.1) is 7.11 Å². The summed E-state index contributed by atoms with van der Waals surface area (Å²) >= 11 is 0. The summed E-state index contributed by atoms with van der Waals surface area (Å²) in [6, 6.07) is 1.98. The molecule has 0 aliphatic heterocycles. The molecule has 3 heteroatoms. The molecule has 0 radical (unpaired) electrons. The van der Waals surface area contributed by atoms with Crippen molar-refractivity contribution in [2.45, 2.75) is 25.7 Å². The van der Waals surface area contributed by atoms with E-state index < -0.39 is 0 Å². The van der Waals surface area contributed by atoms with E-state index in [1.807, 2.05) is 6.07 Å². The molecule has 70 valence electrons. The number of fused-ring (bicyclic) bond motifs is 1. The van der Waals surface area contributed by atoms with Crippen LogP contribution in [0, 0.1) is 5.21 Å². The normalized spacial score (nSPS) is 15.2. The summed E-state index contributed by atoms with van der Waals surface area (Å²) in [4.78, 5) is 0. The van der Waals surface area contributed by atoms with Gasteiger partial charge in [0.1, 0.15) is 0 Å². The first-order valence-corrected chi connectivity index (χ1v) is 4.60. The van der Waals surface area contributed by atoms with Gasteiger partial charge in [-0.3, -0.25) is 0 Å². The molecule has 0 bridgehead atoms. The van der Waals surface area contributed by atoms with E-state index in [9.17, 15) is 5.21 Å². The topological polar surface area (TPSA) is 36.2 Å². The van der Waals surface area contributed by atoms with Crippen molar-refractivity contribution in [2.75, 3.05) is 7.11 Å². The van der Waals surface area contributed by atoms with Gasteiger partial charge >= 0.3 is 0 Å². The van der Waals surface area contributed by atoms with Crippen LogP contribution in [-0.4, -0.2) is 7.11 Å². The van der Waals surface area contributed by atoms with Gasteiger partial charge < -0.3 is 9.94 Å². The maximum atomic E-state index is 11.5. The van der Waals surface area contributed by atoms with Crippen molar-refractivity contribution in [3.63, 3.8) is 0 Å². The SMILES string of the molecule is COc1cc2c([n+]([O-])c1)CCCC2. The van der Waals surface area contributed by atoms with E-state index in [1.54, 1.807) is 7.11 Å². The first-order chi connectivity index (χ1) is 6.31. The second kappa shape index (κ2) is 3.24. The minimum absolute atomic E-state index is 0.663. The zero-order valence-electron chi connectivity index (χ0n) is 7.75. The van der Waals surface area contributed by atoms with Gasteiger partial charge in [-0.1, -0.05) is 0 Å². The summed E-state index contributed by atoms with van der Waals surface area (Å²) < 4.78 is 5.99. The summed E-state index contributed by atoms with van der Waals surface area (Å²) in [5.41, 5.74) is 2.08. The second-order valence-electron chi connectivity index (χ2n) is 3.38. The van der Waals surface area contributed by atoms with E-state index >= 15 is 0 Å². The van der Waals surface area contributed by atoms with E-state index in [0.717, 1.165) is 35.3 Å². The molecule has 1 aliphatic rings. The lowest BCUT2D eigenvalue weighted by Gasteiger charge is -2.15. The standard InChI is InChI=1S/C10H13NO2/c1-13-9-6-8-4-2-3-5-10(8)11(12)7-9/h6-7H,2-5H2,1H3. The zero-order chi connectivity index (χ0) is 9.26. The molecule has 0 atom stereocenters. The van der Waals surface area contributed by atoms with Crippen LogP contribution < -0.4 is 9.47 Å². The summed E-state index contributed by atoms with van der Waals surface area (Å²) in [7, 11) is 1.59. The average Bonchev–Trinajstić information content (AvgIpc) is 2.18. The van der Waals surface area contributed by atoms with Crippen LogP contribution >= 0.6 is 0 Å². The molecule has 1 aromatic rings. The van der Waals surface area contributed by atoms with Crippen molar-refractivity contribution in [3.05, 3.63) is 28.7 Å². The largest absolute Gasteiger partial charge is 0.618 e. The molecule has 0 saturated carbocycles. The summed E-state index contributed by atoms with van der Waals surface area (Å²) in [6.07, 6.45) is 5.73. The number of pyridine rings is 1. The lowest BCUT2D eigenvalue weighted by Crippen LogP contribution is -2.34. The molecule has 0 amide bonds. The van der Waals surface area contributed by atoms with Gasteiger partial charge in [0, 0.05) is 12.0 Å². The van der Waals surface area contributed by atoms with Crippen LogP contribution in [0.4, 0.5) is 0 Å². The molecule has 1 aromatic heterocycles. The lowest BCUT2D eigenvalue weighted by molar-refractivity contribution is -0.615. The molecular formula is C10H13NO2. The summed E-state index contributed by atoms with van der Waals surface area (Å²) in [6.45, 7) is 0. The minimum atomic E-state index is 0.663. The molecule has 0 spiro atoms. The van der Waals surface area contributed by atoms with Gasteiger partial charge in [-0.2, -0.15) is 4.73 Å². The van der Waals surface area contributed by atoms with Crippen LogP contribution in [0.5, 0.6) is 5.75 Å². The van der Waals surface area contributed by atoms with E-state index in [2.05, 4.69) is 0 Å². The van der Waals surface area contributed by atoms with Gasteiger partial charge in [-0.05, 0) is 25.3 Å². The highest BCUT2D eigenvalue weighted by molar-refractivity contribution is 5.27. The van der Waals surface area contributed by atoms with Crippen molar-refractivity contribution in [1.82, 2.24) is 0 Å². The third kappa shape index (κ3) is 1.46. The Hall–Kier alpha value is -1.25. The van der Waals surface area contributed by atoms with Crippen molar-refractivity contribution in [1.29, 1.82) is 0 Å². The molecule has 0 saturated heterocycles. The predicted octanol–water partition coefficient (Wildman–Crippen LogP) is 1.21. The van der Waals surface area contributed by atoms with Crippen molar-refractivity contribution >= 4 is 0 Å². The Kier molecular flexibility index (Phi) is 2.08. The predicted molar refractivity (Wildman–Crippen MR) is 48.6 cm³/mol. The quantitative estimate of drug-likeness (QED) is 0.480. The third-order valence-corrected chi connectivity index (χ3v) is 2.54. The Morgan fingerprint density at radius 3 is 2.92 bits per heavy atom. The number of hydrogen-bond donors (Lipinski definition) is 0. The highest BCUT2D eigenvalue weighted by atomic mass is 16.5. The fraction of sp³-hybridized carbons (Fsp3) is 0.500. The minimum Gasteiger partial charge on any atom is -0.618 e. The maximum Gasteiger partial charge on any atom is 0.222 e. The van der Waals surface area contributed by atoms with Gasteiger partial charge in [-0.15, -0.1) is 0 Å². The Bertz CT molecular complexity index is 323. The molecular weight excluding hydrogens is 166 g/mol. The van der Waals surface area contributed by atoms with Crippen molar-refractivity contribution < 1.29 is 9.47 Å². The van der Waals surface area contributed by atoms with Crippen LogP contribution in [0.15, 0.2) is 12.3 Å². The summed E-state index contributed by atoms with van der Waals surface area (Å²) in [5, 5.41) is 11.5. The Morgan fingerprint density at radius 1 is 1.38 bits per heavy atom. The molecule has 2 rings (SSSR count). The van der Waals surface area contributed by atoms with Gasteiger partial charge in [-0.25, -0.2) is 0 Å². The molecule has 0 N–H and O–H groups in total. The van der Waals surface area contributed by atoms with Crippen LogP contribution in [0.1, 0.15) is 24.1 Å². The van der Waals surface area contributed by atoms with Crippen LogP contribution in [-0.2, 0) is 12.8 Å². The number of aromatic nitrogens is 1. The fourth-order valence-corrected chi connectivity index (χ4v) is 1.83. The first kappa shape index (κ1) is 8.35. The third-order valence-electron chi connectivity index (χ3n) is 2.54. The average molecular weight is 179 g/mol. The zero-order valence-corrected chi connectivity index (χ0v) is 7.75. The first-order valence-electron chi connectivity index (χ1n) is 4.60. The number of nitrogens with zero attached hydrogens (tertiary/aromatic N) is 1. The Labute approximate surface area is 77.5 Å². The smallest absolute Gasteiger partial charge is 0.222 e. The molecule has 0 fully saturated rings. The lowest BCUT2D eigenvalue weighted by atomic mass is 9.96. The fourth-order valence-electron chi connectivity index (χ4n) is 1.83. The van der Waals surface area contributed by atoms with Crippen molar-refractivity contribution in [3.8, 4) is 5.75 Å².